The molecule has 10 heavy (non-hydrogen) atoms. The Morgan fingerprint density at radius 2 is 2.20 bits per heavy atom. The highest BCUT2D eigenvalue weighted by Gasteiger charge is 1.97. The number of aliphatic hydroxyl groups excluding tert-OH is 1. The van der Waals surface area contributed by atoms with Gasteiger partial charge in [0.05, 0.1) is 6.61 Å². The summed E-state index contributed by atoms with van der Waals surface area (Å²) in [6.45, 7) is -0.0981. The van der Waals surface area contributed by atoms with Crippen LogP contribution in [0.3, 0.4) is 0 Å². The molecule has 0 atom stereocenters. The van der Waals surface area contributed by atoms with E-state index < -0.39 is 0 Å². The van der Waals surface area contributed by atoms with Crippen LogP contribution in [0.1, 0.15) is 5.56 Å². The van der Waals surface area contributed by atoms with E-state index in [2.05, 4.69) is 12.6 Å². The molecule has 0 aliphatic heterocycles. The minimum atomic E-state index is -0.331. The lowest BCUT2D eigenvalue weighted by Gasteiger charge is -1.98. The van der Waals surface area contributed by atoms with Crippen molar-refractivity contribution in [1.29, 1.82) is 0 Å². The Morgan fingerprint density at radius 1 is 1.50 bits per heavy atom. The fraction of sp³-hybridized carbons (Fsp3) is 0.143. The van der Waals surface area contributed by atoms with E-state index >= 15 is 0 Å². The molecule has 1 nitrogen and oxygen atoms in total. The fourth-order valence-electron chi connectivity index (χ4n) is 0.671. The molecule has 0 aliphatic carbocycles. The smallest absolute Gasteiger partial charge is 0.124 e. The summed E-state index contributed by atoms with van der Waals surface area (Å²) in [5.74, 6) is -0.331. The summed E-state index contributed by atoms with van der Waals surface area (Å²) in [5.41, 5.74) is 0.643. The van der Waals surface area contributed by atoms with Crippen LogP contribution in [0.25, 0.3) is 0 Å². The highest BCUT2D eigenvalue weighted by molar-refractivity contribution is 7.80. The third-order valence-electron chi connectivity index (χ3n) is 1.22. The minimum Gasteiger partial charge on any atom is -0.392 e. The molecule has 0 fully saturated rings. The largest absolute Gasteiger partial charge is 0.392 e. The zero-order valence-corrected chi connectivity index (χ0v) is 6.11. The lowest BCUT2D eigenvalue weighted by Crippen LogP contribution is -1.85. The van der Waals surface area contributed by atoms with Crippen molar-refractivity contribution in [3.8, 4) is 0 Å². The van der Waals surface area contributed by atoms with Crippen LogP contribution in [-0.4, -0.2) is 5.11 Å². The van der Waals surface area contributed by atoms with Gasteiger partial charge in [-0.1, -0.05) is 6.07 Å². The summed E-state index contributed by atoms with van der Waals surface area (Å²) in [6, 6.07) is 4.08. The van der Waals surface area contributed by atoms with Gasteiger partial charge < -0.3 is 5.11 Å². The van der Waals surface area contributed by atoms with Crippen LogP contribution in [0, 0.1) is 5.82 Å². The number of aliphatic hydroxyl groups is 1. The van der Waals surface area contributed by atoms with Crippen molar-refractivity contribution in [3.05, 3.63) is 29.6 Å². The Balaban J connectivity index is 3.07. The normalized spacial score (nSPS) is 9.90. The second-order valence-corrected chi connectivity index (χ2v) is 2.41. The van der Waals surface area contributed by atoms with Crippen molar-refractivity contribution >= 4 is 12.6 Å². The third-order valence-corrected chi connectivity index (χ3v) is 1.63. The molecule has 0 heterocycles. The Kier molecular flexibility index (Phi) is 2.29. The molecule has 1 aromatic carbocycles. The average Bonchev–Trinajstić information content (AvgIpc) is 1.88. The maximum absolute atomic E-state index is 12.4. The van der Waals surface area contributed by atoms with Gasteiger partial charge >= 0.3 is 0 Å². The molecule has 1 N–H and O–H groups in total. The summed E-state index contributed by atoms with van der Waals surface area (Å²) in [7, 11) is 0. The highest BCUT2D eigenvalue weighted by atomic mass is 32.1. The van der Waals surface area contributed by atoms with Crippen LogP contribution in [-0.2, 0) is 6.61 Å². The molecule has 54 valence electrons. The zero-order valence-electron chi connectivity index (χ0n) is 5.21. The van der Waals surface area contributed by atoms with E-state index in [1.165, 1.54) is 18.2 Å². The number of benzene rings is 1. The van der Waals surface area contributed by atoms with Crippen LogP contribution >= 0.6 is 12.6 Å². The first-order chi connectivity index (χ1) is 4.74. The Morgan fingerprint density at radius 3 is 2.70 bits per heavy atom. The van der Waals surface area contributed by atoms with E-state index in [1.54, 1.807) is 0 Å². The average molecular weight is 158 g/mol. The maximum atomic E-state index is 12.4. The van der Waals surface area contributed by atoms with Gasteiger partial charge in [0.1, 0.15) is 5.82 Å². The molecule has 3 heteroatoms. The quantitative estimate of drug-likeness (QED) is 0.595. The van der Waals surface area contributed by atoms with Gasteiger partial charge in [-0.3, -0.25) is 0 Å². The fourth-order valence-corrected chi connectivity index (χ4v) is 0.939. The number of thiol groups is 1. The van der Waals surface area contributed by atoms with Crippen LogP contribution in [0.15, 0.2) is 23.1 Å². The molecule has 1 rings (SSSR count). The molecular weight excluding hydrogens is 151 g/mol. The van der Waals surface area contributed by atoms with Gasteiger partial charge in [-0.25, -0.2) is 4.39 Å². The monoisotopic (exact) mass is 158 g/mol. The first-order valence-electron chi connectivity index (χ1n) is 2.82. The van der Waals surface area contributed by atoms with Crippen LogP contribution in [0.2, 0.25) is 0 Å². The van der Waals surface area contributed by atoms with Crippen molar-refractivity contribution in [1.82, 2.24) is 0 Å². The molecule has 0 bridgehead atoms. The lowest BCUT2D eigenvalue weighted by atomic mass is 10.2. The number of rotatable bonds is 1. The molecule has 0 saturated carbocycles. The van der Waals surface area contributed by atoms with Crippen molar-refractivity contribution in [3.63, 3.8) is 0 Å². The standard InChI is InChI=1S/C7H7FOS/c8-6-2-1-5(4-9)7(10)3-6/h1-3,9-10H,4H2. The van der Waals surface area contributed by atoms with Crippen molar-refractivity contribution in [2.24, 2.45) is 0 Å². The number of hydrogen-bond donors (Lipinski definition) is 2. The van der Waals surface area contributed by atoms with Gasteiger partial charge in [0.15, 0.2) is 0 Å². The van der Waals surface area contributed by atoms with Crippen molar-refractivity contribution in [2.45, 2.75) is 11.5 Å². The summed E-state index contributed by atoms with van der Waals surface area (Å²) < 4.78 is 12.4. The molecule has 0 aromatic heterocycles. The van der Waals surface area contributed by atoms with Crippen molar-refractivity contribution < 1.29 is 9.50 Å². The molecule has 0 amide bonds. The second-order valence-electron chi connectivity index (χ2n) is 1.93. The second kappa shape index (κ2) is 3.03. The van der Waals surface area contributed by atoms with E-state index in [1.807, 2.05) is 0 Å². The summed E-state index contributed by atoms with van der Waals surface area (Å²) in [6.07, 6.45) is 0. The Bertz CT molecular complexity index is 237. The van der Waals surface area contributed by atoms with Gasteiger partial charge in [0.25, 0.3) is 0 Å². The highest BCUT2D eigenvalue weighted by Crippen LogP contribution is 2.14. The predicted molar refractivity (Wildman–Crippen MR) is 39.6 cm³/mol. The third kappa shape index (κ3) is 1.49. The van der Waals surface area contributed by atoms with E-state index in [0.29, 0.717) is 10.5 Å². The van der Waals surface area contributed by atoms with Gasteiger partial charge in [0.2, 0.25) is 0 Å². The Labute approximate surface area is 63.9 Å². The summed E-state index contributed by atoms with van der Waals surface area (Å²) >= 11 is 3.95. The van der Waals surface area contributed by atoms with Gasteiger partial charge in [0, 0.05) is 4.90 Å². The first kappa shape index (κ1) is 7.57. The van der Waals surface area contributed by atoms with Gasteiger partial charge in [-0.15, -0.1) is 12.6 Å². The minimum absolute atomic E-state index is 0.0981. The molecule has 0 radical (unpaired) electrons. The van der Waals surface area contributed by atoms with E-state index in [4.69, 9.17) is 5.11 Å². The topological polar surface area (TPSA) is 20.2 Å². The molecule has 0 saturated heterocycles. The van der Waals surface area contributed by atoms with E-state index in [0.717, 1.165) is 0 Å². The zero-order chi connectivity index (χ0) is 7.56. The molecule has 1 aromatic rings. The predicted octanol–water partition coefficient (Wildman–Crippen LogP) is 1.61. The molecule has 0 spiro atoms. The van der Waals surface area contributed by atoms with Crippen molar-refractivity contribution in [2.75, 3.05) is 0 Å². The molecule has 0 aliphatic rings. The van der Waals surface area contributed by atoms with Crippen LogP contribution in [0.4, 0.5) is 4.39 Å². The SMILES string of the molecule is OCc1ccc(F)cc1S. The molecular formula is C7H7FOS. The number of hydrogen-bond acceptors (Lipinski definition) is 2. The lowest BCUT2D eigenvalue weighted by molar-refractivity contribution is 0.278. The van der Waals surface area contributed by atoms with Gasteiger partial charge in [-0.2, -0.15) is 0 Å². The summed E-state index contributed by atoms with van der Waals surface area (Å²) in [5, 5.41) is 8.64. The van der Waals surface area contributed by atoms with Crippen LogP contribution in [0.5, 0.6) is 0 Å². The van der Waals surface area contributed by atoms with Crippen LogP contribution < -0.4 is 0 Å². The van der Waals surface area contributed by atoms with E-state index in [9.17, 15) is 4.39 Å². The first-order valence-corrected chi connectivity index (χ1v) is 3.27. The van der Waals surface area contributed by atoms with E-state index in [-0.39, 0.29) is 12.4 Å². The molecule has 0 unspecified atom stereocenters. The van der Waals surface area contributed by atoms with Gasteiger partial charge in [-0.05, 0) is 17.7 Å². The Hall–Kier alpha value is -0.540. The number of halogens is 1. The maximum Gasteiger partial charge on any atom is 0.124 e. The summed E-state index contributed by atoms with van der Waals surface area (Å²) in [4.78, 5) is 0.488.